The Kier molecular flexibility index (Phi) is 4.67. The summed E-state index contributed by atoms with van der Waals surface area (Å²) in [5.74, 6) is 0.531. The summed E-state index contributed by atoms with van der Waals surface area (Å²) in [7, 11) is 0. The van der Waals surface area contributed by atoms with Gasteiger partial charge in [-0.2, -0.15) is 9.97 Å². The fourth-order valence-corrected chi connectivity index (χ4v) is 6.64. The first-order valence-electron chi connectivity index (χ1n) is 20.5. The van der Waals surface area contributed by atoms with Crippen molar-refractivity contribution in [3.05, 3.63) is 170 Å². The maximum Gasteiger partial charge on any atom is 0.238 e. The van der Waals surface area contributed by atoms with E-state index in [-0.39, 0.29) is 57.1 Å². The number of nitrogens with zero attached hydrogens (tertiary/aromatic N) is 4. The lowest BCUT2D eigenvalue weighted by Crippen LogP contribution is -2.06. The van der Waals surface area contributed by atoms with Crippen molar-refractivity contribution in [3.8, 4) is 51.0 Å². The van der Waals surface area contributed by atoms with E-state index in [0.29, 0.717) is 27.8 Å². The first-order valence-corrected chi connectivity index (χ1v) is 16.0. The maximum absolute atomic E-state index is 9.26. The number of furan rings is 1. The molecule has 50 heavy (non-hydrogen) atoms. The van der Waals surface area contributed by atoms with E-state index in [1.165, 1.54) is 4.57 Å². The molecule has 0 saturated heterocycles. The zero-order chi connectivity index (χ0) is 40.9. The molecule has 0 atom stereocenters. The quantitative estimate of drug-likeness (QED) is 0.186. The van der Waals surface area contributed by atoms with Crippen LogP contribution in [0.15, 0.2) is 174 Å². The van der Waals surface area contributed by atoms with Gasteiger partial charge in [0.1, 0.15) is 11.2 Å². The molecular formula is C45H28N4O. The molecule has 0 aliphatic carbocycles. The molecule has 0 aliphatic heterocycles. The van der Waals surface area contributed by atoms with E-state index < -0.39 is 42.3 Å². The molecule has 10 aromatic rings. The summed E-state index contributed by atoms with van der Waals surface area (Å²) in [4.78, 5) is 15.0. The molecule has 0 unspecified atom stereocenters. The van der Waals surface area contributed by atoms with Crippen molar-refractivity contribution in [2.24, 2.45) is 0 Å². The van der Waals surface area contributed by atoms with Crippen LogP contribution >= 0.6 is 0 Å². The van der Waals surface area contributed by atoms with Gasteiger partial charge in [-0.3, -0.25) is 4.57 Å². The molecule has 3 heterocycles. The number of hydrogen-bond donors (Lipinski definition) is 0. The third-order valence-corrected chi connectivity index (χ3v) is 8.91. The van der Waals surface area contributed by atoms with Crippen LogP contribution in [0.25, 0.3) is 94.7 Å². The lowest BCUT2D eigenvalue weighted by Gasteiger charge is -2.12. The second-order valence-corrected chi connectivity index (χ2v) is 11.8. The molecule has 7 aromatic carbocycles. The van der Waals surface area contributed by atoms with Crippen molar-refractivity contribution in [3.63, 3.8) is 0 Å². The predicted octanol–water partition coefficient (Wildman–Crippen LogP) is 11.5. The normalized spacial score (nSPS) is 14.1. The van der Waals surface area contributed by atoms with Crippen LogP contribution in [0.4, 0.5) is 0 Å². The molecule has 0 radical (unpaired) electrons. The minimum Gasteiger partial charge on any atom is -0.455 e. The van der Waals surface area contributed by atoms with E-state index >= 15 is 0 Å². The Bertz CT molecular complexity index is 3350. The first-order chi connectivity index (χ1) is 28.5. The van der Waals surface area contributed by atoms with Gasteiger partial charge < -0.3 is 4.42 Å². The fraction of sp³-hybridized carbons (Fsp3) is 0. The average Bonchev–Trinajstić information content (AvgIpc) is 3.83. The zero-order valence-corrected chi connectivity index (χ0v) is 26.2. The van der Waals surface area contributed by atoms with E-state index in [0.717, 1.165) is 21.9 Å². The third kappa shape index (κ3) is 4.52. The van der Waals surface area contributed by atoms with Gasteiger partial charge in [0, 0.05) is 27.1 Å². The molecule has 5 nitrogen and oxygen atoms in total. The van der Waals surface area contributed by atoms with Crippen LogP contribution in [0.3, 0.4) is 0 Å². The van der Waals surface area contributed by atoms with Gasteiger partial charge in [0.2, 0.25) is 5.95 Å². The zero-order valence-electron chi connectivity index (χ0n) is 35.2. The number of para-hydroxylation sites is 3. The molecule has 5 heteroatoms. The molecule has 0 spiro atoms. The minimum absolute atomic E-state index is 0.0218. The van der Waals surface area contributed by atoms with E-state index in [1.807, 2.05) is 97.1 Å². The van der Waals surface area contributed by atoms with Crippen molar-refractivity contribution in [2.75, 3.05) is 0 Å². The number of hydrogen-bond acceptors (Lipinski definition) is 4. The molecule has 0 saturated carbocycles. The van der Waals surface area contributed by atoms with Crippen LogP contribution < -0.4 is 0 Å². The summed E-state index contributed by atoms with van der Waals surface area (Å²) in [6, 6.07) is 31.7. The Labute approximate surface area is 300 Å². The summed E-state index contributed by atoms with van der Waals surface area (Å²) >= 11 is 0. The molecule has 0 fully saturated rings. The molecule has 10 rings (SSSR count). The highest BCUT2D eigenvalue weighted by molar-refractivity contribution is 6.15. The third-order valence-electron chi connectivity index (χ3n) is 8.91. The molecule has 0 bridgehead atoms. The van der Waals surface area contributed by atoms with Crippen molar-refractivity contribution < 1.29 is 16.8 Å². The monoisotopic (exact) mass is 649 g/mol. The molecule has 0 aliphatic rings. The van der Waals surface area contributed by atoms with Crippen LogP contribution in [0.2, 0.25) is 0 Å². The van der Waals surface area contributed by atoms with Gasteiger partial charge in [-0.1, -0.05) is 145 Å². The number of rotatable bonds is 5. The molecule has 0 N–H and O–H groups in total. The summed E-state index contributed by atoms with van der Waals surface area (Å²) in [5.41, 5.74) is 4.88. The van der Waals surface area contributed by atoms with Gasteiger partial charge in [0.15, 0.2) is 11.6 Å². The summed E-state index contributed by atoms with van der Waals surface area (Å²) in [5, 5.41) is 2.07. The smallest absolute Gasteiger partial charge is 0.238 e. The van der Waals surface area contributed by atoms with Crippen molar-refractivity contribution >= 4 is 43.7 Å². The maximum atomic E-state index is 9.26. The van der Waals surface area contributed by atoms with Crippen LogP contribution in [0, 0.1) is 0 Å². The van der Waals surface area contributed by atoms with E-state index in [2.05, 4.69) is 0 Å². The van der Waals surface area contributed by atoms with Gasteiger partial charge in [0.05, 0.1) is 28.9 Å². The Morgan fingerprint density at radius 2 is 1.14 bits per heavy atom. The van der Waals surface area contributed by atoms with Crippen molar-refractivity contribution in [1.29, 1.82) is 0 Å². The SMILES string of the molecule is [2H]c1c([2H])c([2H])c(-c2cccc3c2c2c([2H])c([2H])c([2H])c([2H])c2n3-c2nc(-c3ccc(-c4ccccc4)cc3)nc(-c3cccc4c3oc3ccccc34)n2)c([2H])c1[2H]. The van der Waals surface area contributed by atoms with Gasteiger partial charge in [-0.05, 0) is 46.5 Å². The molecular weight excluding hydrogens is 613 g/mol. The van der Waals surface area contributed by atoms with Crippen molar-refractivity contribution in [2.45, 2.75) is 0 Å². The van der Waals surface area contributed by atoms with E-state index in [9.17, 15) is 2.74 Å². The van der Waals surface area contributed by atoms with Crippen LogP contribution in [-0.2, 0) is 0 Å². The number of fused-ring (bicyclic) bond motifs is 6. The summed E-state index contributed by atoms with van der Waals surface area (Å²) in [6.07, 6.45) is 0. The first kappa shape index (κ1) is 20.5. The lowest BCUT2D eigenvalue weighted by atomic mass is 9.99. The van der Waals surface area contributed by atoms with Crippen LogP contribution in [-0.4, -0.2) is 19.5 Å². The Balaban J connectivity index is 1.32. The van der Waals surface area contributed by atoms with Gasteiger partial charge in [-0.15, -0.1) is 0 Å². The van der Waals surface area contributed by atoms with Crippen molar-refractivity contribution in [1.82, 2.24) is 19.5 Å². The molecule has 234 valence electrons. The van der Waals surface area contributed by atoms with Gasteiger partial charge in [0.25, 0.3) is 0 Å². The topological polar surface area (TPSA) is 56.7 Å². The second kappa shape index (κ2) is 11.4. The van der Waals surface area contributed by atoms with E-state index in [1.54, 1.807) is 18.2 Å². The lowest BCUT2D eigenvalue weighted by molar-refractivity contribution is 0.669. The van der Waals surface area contributed by atoms with Gasteiger partial charge in [-0.25, -0.2) is 4.98 Å². The molecule has 3 aromatic heterocycles. The summed E-state index contributed by atoms with van der Waals surface area (Å²) in [6.45, 7) is 0. The number of aromatic nitrogens is 4. The van der Waals surface area contributed by atoms with Crippen LogP contribution in [0.1, 0.15) is 12.3 Å². The Hall–Kier alpha value is -6.85. The largest absolute Gasteiger partial charge is 0.455 e. The fourth-order valence-electron chi connectivity index (χ4n) is 6.64. The highest BCUT2D eigenvalue weighted by Gasteiger charge is 2.21. The van der Waals surface area contributed by atoms with E-state index in [4.69, 9.17) is 29.0 Å². The highest BCUT2D eigenvalue weighted by Crippen LogP contribution is 2.39. The average molecular weight is 650 g/mol. The standard InChI is InChI=1S/C45H28N4O/c1-3-13-29(14-4-1)30-25-27-32(28-26-30)43-46-44(37-21-11-20-35-34-17-8-10-24-40(34)50-42(35)37)48-45(47-43)49-38-22-9-7-18-36(38)41-33(19-12-23-39(41)49)31-15-5-2-6-16-31/h1-28H/i2D,5D,6D,7D,9D,15D,16D,18D,22D. The minimum atomic E-state index is -0.554. The van der Waals surface area contributed by atoms with Crippen LogP contribution in [0.5, 0.6) is 0 Å². The Morgan fingerprint density at radius 1 is 0.460 bits per heavy atom. The van der Waals surface area contributed by atoms with Gasteiger partial charge >= 0.3 is 0 Å². The predicted molar refractivity (Wildman–Crippen MR) is 203 cm³/mol. The summed E-state index contributed by atoms with van der Waals surface area (Å²) < 4.78 is 86.6. The Morgan fingerprint density at radius 3 is 2.02 bits per heavy atom. The number of benzene rings is 7. The highest BCUT2D eigenvalue weighted by atomic mass is 16.3. The second-order valence-electron chi connectivity index (χ2n) is 11.8. The molecule has 0 amide bonds.